The van der Waals surface area contributed by atoms with E-state index in [0.717, 1.165) is 51.7 Å². The van der Waals surface area contributed by atoms with E-state index in [1.807, 2.05) is 0 Å². The lowest BCUT2D eigenvalue weighted by molar-refractivity contribution is -0.134. The summed E-state index contributed by atoms with van der Waals surface area (Å²) in [6.45, 7) is 3.69. The molecule has 1 fully saturated rings. The molecule has 1 aromatic heterocycles. The van der Waals surface area contributed by atoms with Gasteiger partial charge in [0.25, 0.3) is 0 Å². The van der Waals surface area contributed by atoms with Crippen LogP contribution in [0.25, 0.3) is 0 Å². The third-order valence-electron chi connectivity index (χ3n) is 3.52. The van der Waals surface area contributed by atoms with Crippen molar-refractivity contribution in [3.05, 3.63) is 11.1 Å². The van der Waals surface area contributed by atoms with Crippen LogP contribution in [0.15, 0.2) is 6.20 Å². The molecule has 2 heterocycles. The van der Waals surface area contributed by atoms with Gasteiger partial charge < -0.3 is 15.0 Å². The summed E-state index contributed by atoms with van der Waals surface area (Å²) in [5.74, 6) is 0. The molecule has 0 unspecified atom stereocenters. The van der Waals surface area contributed by atoms with Crippen LogP contribution in [0.5, 0.6) is 0 Å². The Balaban J connectivity index is 1.74. The van der Waals surface area contributed by atoms with Gasteiger partial charge in [-0.05, 0) is 19.3 Å². The molecular weight excluding hydrogens is 303 g/mol. The third-order valence-corrected chi connectivity index (χ3v) is 4.50. The van der Waals surface area contributed by atoms with Gasteiger partial charge in [0.05, 0.1) is 6.20 Å². The van der Waals surface area contributed by atoms with Gasteiger partial charge in [-0.1, -0.05) is 11.3 Å². The first-order chi connectivity index (χ1) is 9.99. The Morgan fingerprint density at radius 1 is 1.43 bits per heavy atom. The van der Waals surface area contributed by atoms with E-state index < -0.39 is 11.1 Å². The first kappa shape index (κ1) is 16.5. The second-order valence-electron chi connectivity index (χ2n) is 5.13. The van der Waals surface area contributed by atoms with Crippen LogP contribution >= 0.6 is 11.3 Å². The van der Waals surface area contributed by atoms with Gasteiger partial charge in [-0.2, -0.15) is 13.2 Å². The van der Waals surface area contributed by atoms with E-state index in [-0.39, 0.29) is 6.04 Å². The van der Waals surface area contributed by atoms with Crippen molar-refractivity contribution in [3.8, 4) is 0 Å². The Bertz CT molecular complexity index is 431. The summed E-state index contributed by atoms with van der Waals surface area (Å²) in [7, 11) is 1.69. The van der Waals surface area contributed by atoms with Crippen molar-refractivity contribution in [1.82, 2.24) is 9.88 Å². The van der Waals surface area contributed by atoms with E-state index in [4.69, 9.17) is 4.74 Å². The fourth-order valence-electron chi connectivity index (χ4n) is 2.38. The third kappa shape index (κ3) is 5.12. The number of hydrogen-bond donors (Lipinski definition) is 1. The predicted octanol–water partition coefficient (Wildman–Crippen LogP) is 3.07. The summed E-state index contributed by atoms with van der Waals surface area (Å²) < 4.78 is 42.5. The van der Waals surface area contributed by atoms with Gasteiger partial charge in [-0.3, -0.25) is 0 Å². The molecule has 0 atom stereocenters. The largest absolute Gasteiger partial charge is 0.427 e. The molecule has 0 amide bonds. The minimum absolute atomic E-state index is 0.205. The van der Waals surface area contributed by atoms with Crippen molar-refractivity contribution in [2.75, 3.05) is 38.7 Å². The molecule has 0 bridgehead atoms. The maximum Gasteiger partial charge on any atom is 0.427 e. The maximum atomic E-state index is 12.5. The molecule has 1 aliphatic heterocycles. The van der Waals surface area contributed by atoms with Crippen molar-refractivity contribution < 1.29 is 17.9 Å². The Labute approximate surface area is 126 Å². The zero-order valence-corrected chi connectivity index (χ0v) is 12.8. The zero-order chi connectivity index (χ0) is 15.3. The van der Waals surface area contributed by atoms with Crippen LogP contribution in [0.4, 0.5) is 18.3 Å². The van der Waals surface area contributed by atoms with Crippen LogP contribution < -0.4 is 5.32 Å². The van der Waals surface area contributed by atoms with Gasteiger partial charge in [-0.25, -0.2) is 4.98 Å². The minimum Gasteiger partial charge on any atom is -0.385 e. The molecule has 1 saturated heterocycles. The highest BCUT2D eigenvalue weighted by Crippen LogP contribution is 2.35. The molecule has 21 heavy (non-hydrogen) atoms. The molecule has 8 heteroatoms. The van der Waals surface area contributed by atoms with Gasteiger partial charge in [0.2, 0.25) is 0 Å². The fourth-order valence-corrected chi connectivity index (χ4v) is 3.14. The molecule has 2 rings (SSSR count). The number of thiazole rings is 1. The van der Waals surface area contributed by atoms with Crippen LogP contribution in [-0.2, 0) is 10.9 Å². The number of alkyl halides is 3. The van der Waals surface area contributed by atoms with Gasteiger partial charge >= 0.3 is 6.18 Å². The number of likely N-dealkylation sites (tertiary alicyclic amines) is 1. The molecule has 1 aliphatic rings. The van der Waals surface area contributed by atoms with Crippen molar-refractivity contribution in [2.24, 2.45) is 0 Å². The number of aromatic nitrogens is 1. The molecule has 1 aromatic rings. The zero-order valence-electron chi connectivity index (χ0n) is 11.9. The van der Waals surface area contributed by atoms with E-state index in [2.05, 4.69) is 15.2 Å². The molecular formula is C13H20F3N3OS. The average molecular weight is 323 g/mol. The molecule has 4 nitrogen and oxygen atoms in total. The topological polar surface area (TPSA) is 37.4 Å². The van der Waals surface area contributed by atoms with Crippen LogP contribution in [0, 0.1) is 0 Å². The number of nitrogens with zero attached hydrogens (tertiary/aromatic N) is 2. The molecule has 0 aliphatic carbocycles. The van der Waals surface area contributed by atoms with Crippen molar-refractivity contribution >= 4 is 16.5 Å². The molecule has 1 N–H and O–H groups in total. The van der Waals surface area contributed by atoms with E-state index in [1.54, 1.807) is 7.11 Å². The van der Waals surface area contributed by atoms with Crippen molar-refractivity contribution in [3.63, 3.8) is 0 Å². The number of halogens is 3. The average Bonchev–Trinajstić information content (AvgIpc) is 2.90. The first-order valence-corrected chi connectivity index (χ1v) is 7.81. The number of nitrogens with one attached hydrogen (secondary N) is 1. The quantitative estimate of drug-likeness (QED) is 0.817. The summed E-state index contributed by atoms with van der Waals surface area (Å²) >= 11 is 0.674. The van der Waals surface area contributed by atoms with Gasteiger partial charge in [0, 0.05) is 39.4 Å². The Morgan fingerprint density at radius 3 is 2.71 bits per heavy atom. The molecule has 0 radical (unpaired) electrons. The van der Waals surface area contributed by atoms with E-state index >= 15 is 0 Å². The molecule has 120 valence electrons. The second-order valence-corrected chi connectivity index (χ2v) is 6.16. The normalized spacial score (nSPS) is 18.1. The van der Waals surface area contributed by atoms with E-state index in [0.29, 0.717) is 16.5 Å². The lowest BCUT2D eigenvalue weighted by Crippen LogP contribution is -2.39. The Morgan fingerprint density at radius 2 is 2.14 bits per heavy atom. The summed E-state index contributed by atoms with van der Waals surface area (Å²) in [5.41, 5.74) is 0. The highest BCUT2D eigenvalue weighted by molar-refractivity contribution is 7.15. The summed E-state index contributed by atoms with van der Waals surface area (Å²) in [5, 5.41) is 3.48. The fraction of sp³-hybridized carbons (Fsp3) is 0.769. The number of methoxy groups -OCH3 is 1. The smallest absolute Gasteiger partial charge is 0.385 e. The van der Waals surface area contributed by atoms with Crippen LogP contribution in [0.1, 0.15) is 24.1 Å². The predicted molar refractivity (Wildman–Crippen MR) is 76.7 cm³/mol. The first-order valence-electron chi connectivity index (χ1n) is 7.00. The SMILES string of the molecule is COCCCN1CCC(Nc2ncc(C(F)(F)F)s2)CC1. The number of ether oxygens (including phenoxy) is 1. The summed E-state index contributed by atoms with van der Waals surface area (Å²) in [6.07, 6.45) is -0.549. The highest BCUT2D eigenvalue weighted by Gasteiger charge is 2.33. The van der Waals surface area contributed by atoms with E-state index in [1.165, 1.54) is 0 Å². The summed E-state index contributed by atoms with van der Waals surface area (Å²) in [6, 6.07) is 0.205. The van der Waals surface area contributed by atoms with Gasteiger partial charge in [0.1, 0.15) is 4.88 Å². The Hall–Kier alpha value is -0.860. The van der Waals surface area contributed by atoms with Crippen LogP contribution in [-0.4, -0.2) is 49.3 Å². The number of anilines is 1. The standard InChI is InChI=1S/C13H20F3N3OS/c1-20-8-2-5-19-6-3-10(4-7-19)18-12-17-9-11(21-12)13(14,15)16/h9-10H,2-8H2,1H3,(H,17,18). The number of piperidine rings is 1. The van der Waals surface area contributed by atoms with Crippen LogP contribution in [0.3, 0.4) is 0 Å². The van der Waals surface area contributed by atoms with Gasteiger partial charge in [-0.15, -0.1) is 0 Å². The van der Waals surface area contributed by atoms with Crippen LogP contribution in [0.2, 0.25) is 0 Å². The van der Waals surface area contributed by atoms with E-state index in [9.17, 15) is 13.2 Å². The summed E-state index contributed by atoms with van der Waals surface area (Å²) in [4.78, 5) is 5.52. The Kier molecular flexibility index (Phi) is 5.83. The molecule has 0 saturated carbocycles. The molecule has 0 spiro atoms. The monoisotopic (exact) mass is 323 g/mol. The maximum absolute atomic E-state index is 12.5. The lowest BCUT2D eigenvalue weighted by atomic mass is 10.1. The van der Waals surface area contributed by atoms with Gasteiger partial charge in [0.15, 0.2) is 5.13 Å². The van der Waals surface area contributed by atoms with Crippen molar-refractivity contribution in [1.29, 1.82) is 0 Å². The molecule has 0 aromatic carbocycles. The highest BCUT2D eigenvalue weighted by atomic mass is 32.1. The number of hydrogen-bond acceptors (Lipinski definition) is 5. The minimum atomic E-state index is -4.30. The lowest BCUT2D eigenvalue weighted by Gasteiger charge is -2.32. The second kappa shape index (κ2) is 7.42. The van der Waals surface area contributed by atoms with Crippen molar-refractivity contribution in [2.45, 2.75) is 31.5 Å². The number of rotatable bonds is 6.